The molecule has 1 aromatic heterocycles. The van der Waals surface area contributed by atoms with E-state index in [9.17, 15) is 8.42 Å². The largest absolute Gasteiger partial charge is 0.325 e. The molecular formula is C16H20N2O2S. The predicted octanol–water partition coefficient (Wildman–Crippen LogP) is 2.27. The van der Waals surface area contributed by atoms with Gasteiger partial charge in [0.25, 0.3) is 0 Å². The van der Waals surface area contributed by atoms with Gasteiger partial charge in [-0.3, -0.25) is 4.98 Å². The second-order valence-electron chi connectivity index (χ2n) is 5.39. The van der Waals surface area contributed by atoms with E-state index < -0.39 is 9.84 Å². The van der Waals surface area contributed by atoms with Crippen molar-refractivity contribution in [1.82, 2.24) is 4.98 Å². The van der Waals surface area contributed by atoms with Crippen LogP contribution in [-0.4, -0.2) is 13.4 Å². The molecule has 0 bridgehead atoms. The second kappa shape index (κ2) is 6.37. The molecule has 5 heteroatoms. The summed E-state index contributed by atoms with van der Waals surface area (Å²) in [5, 5.41) is 0. The molecule has 0 aliphatic rings. The molecule has 2 aromatic rings. The summed E-state index contributed by atoms with van der Waals surface area (Å²) in [6, 6.07) is 9.34. The van der Waals surface area contributed by atoms with Crippen LogP contribution in [0.25, 0.3) is 0 Å². The molecule has 0 saturated heterocycles. The lowest BCUT2D eigenvalue weighted by Crippen LogP contribution is -2.09. The van der Waals surface area contributed by atoms with Gasteiger partial charge in [-0.1, -0.05) is 29.3 Å². The van der Waals surface area contributed by atoms with Crippen LogP contribution in [0.1, 0.15) is 27.9 Å². The van der Waals surface area contributed by atoms with Gasteiger partial charge < -0.3 is 5.73 Å². The first kappa shape index (κ1) is 15.7. The Hall–Kier alpha value is -1.72. The number of nitrogens with two attached hydrogens (primary N) is 1. The fourth-order valence-corrected chi connectivity index (χ4v) is 3.90. The lowest BCUT2D eigenvalue weighted by atomic mass is 10.1. The molecule has 0 radical (unpaired) electrons. The third-order valence-corrected chi connectivity index (χ3v) is 4.69. The van der Waals surface area contributed by atoms with Crippen molar-refractivity contribution in [2.24, 2.45) is 5.73 Å². The summed E-state index contributed by atoms with van der Waals surface area (Å²) in [6.07, 6.45) is 1.60. The number of benzene rings is 1. The molecule has 0 saturated carbocycles. The van der Waals surface area contributed by atoms with Crippen LogP contribution in [-0.2, 0) is 27.9 Å². The fourth-order valence-electron chi connectivity index (χ4n) is 2.44. The minimum atomic E-state index is -3.21. The van der Waals surface area contributed by atoms with Gasteiger partial charge in [0.15, 0.2) is 9.84 Å². The summed E-state index contributed by atoms with van der Waals surface area (Å²) in [5.74, 6) is 0.0608. The highest BCUT2D eigenvalue weighted by atomic mass is 32.2. The second-order valence-corrected chi connectivity index (χ2v) is 7.45. The fraction of sp³-hybridized carbons (Fsp3) is 0.312. The third-order valence-electron chi connectivity index (χ3n) is 3.14. The average molecular weight is 304 g/mol. The first-order valence-electron chi connectivity index (χ1n) is 6.79. The Bertz CT molecular complexity index is 719. The number of aromatic nitrogens is 1. The minimum absolute atomic E-state index is 0.00943. The molecule has 1 aromatic carbocycles. The van der Waals surface area contributed by atoms with Crippen LogP contribution in [0.4, 0.5) is 0 Å². The van der Waals surface area contributed by atoms with Crippen LogP contribution in [0.3, 0.4) is 0 Å². The van der Waals surface area contributed by atoms with Crippen LogP contribution in [0.15, 0.2) is 36.5 Å². The molecule has 0 amide bonds. The monoisotopic (exact) mass is 304 g/mol. The summed E-state index contributed by atoms with van der Waals surface area (Å²) < 4.78 is 24.7. The smallest absolute Gasteiger partial charge is 0.158 e. The number of nitrogens with zero attached hydrogens (tertiary/aromatic N) is 1. The zero-order valence-electron chi connectivity index (χ0n) is 12.3. The molecule has 0 aliphatic carbocycles. The maximum absolute atomic E-state index is 12.3. The lowest BCUT2D eigenvalue weighted by molar-refractivity contribution is 0.594. The van der Waals surface area contributed by atoms with Crippen LogP contribution < -0.4 is 5.73 Å². The highest BCUT2D eigenvalue weighted by molar-refractivity contribution is 7.89. The van der Waals surface area contributed by atoms with Gasteiger partial charge in [-0.25, -0.2) is 8.42 Å². The van der Waals surface area contributed by atoms with Crippen LogP contribution >= 0.6 is 0 Å². The summed E-state index contributed by atoms with van der Waals surface area (Å²) in [5.41, 5.74) is 9.95. The highest BCUT2D eigenvalue weighted by Crippen LogP contribution is 2.15. The SMILES string of the molecule is Cc1cc(C)cc(CS(=O)(=O)Cc2ccnc(CN)c2)c1. The first-order chi connectivity index (χ1) is 9.88. The van der Waals surface area contributed by atoms with Gasteiger partial charge in [0.2, 0.25) is 0 Å². The van der Waals surface area contributed by atoms with Crippen molar-refractivity contribution < 1.29 is 8.42 Å². The van der Waals surface area contributed by atoms with Crippen molar-refractivity contribution in [3.63, 3.8) is 0 Å². The van der Waals surface area contributed by atoms with Crippen LogP contribution in [0.5, 0.6) is 0 Å². The van der Waals surface area contributed by atoms with E-state index in [2.05, 4.69) is 4.98 Å². The Kier molecular flexibility index (Phi) is 4.75. The Balaban J connectivity index is 2.18. The first-order valence-corrected chi connectivity index (χ1v) is 8.61. The number of hydrogen-bond donors (Lipinski definition) is 1. The molecule has 21 heavy (non-hydrogen) atoms. The maximum atomic E-state index is 12.3. The Morgan fingerprint density at radius 2 is 1.62 bits per heavy atom. The van der Waals surface area contributed by atoms with Gasteiger partial charge in [-0.2, -0.15) is 0 Å². The maximum Gasteiger partial charge on any atom is 0.158 e. The zero-order valence-corrected chi connectivity index (χ0v) is 13.2. The topological polar surface area (TPSA) is 73.0 Å². The standard InChI is InChI=1S/C16H20N2O2S/c1-12-5-13(2)7-15(6-12)11-21(19,20)10-14-3-4-18-16(8-14)9-17/h3-8H,9-11,17H2,1-2H3. The van der Waals surface area contributed by atoms with Gasteiger partial charge in [0, 0.05) is 12.7 Å². The molecular weight excluding hydrogens is 284 g/mol. The quantitative estimate of drug-likeness (QED) is 0.919. The van der Waals surface area contributed by atoms with Gasteiger partial charge in [0.1, 0.15) is 0 Å². The molecule has 4 nitrogen and oxygen atoms in total. The summed E-state index contributed by atoms with van der Waals surface area (Å²) in [6.45, 7) is 4.25. The number of sulfone groups is 1. The highest BCUT2D eigenvalue weighted by Gasteiger charge is 2.14. The number of rotatable bonds is 5. The van der Waals surface area contributed by atoms with Crippen molar-refractivity contribution >= 4 is 9.84 Å². The average Bonchev–Trinajstić information content (AvgIpc) is 2.36. The molecule has 0 atom stereocenters. The molecule has 2 N–H and O–H groups in total. The molecule has 112 valence electrons. The van der Waals surface area contributed by atoms with E-state index in [1.54, 1.807) is 18.3 Å². The van der Waals surface area contributed by atoms with E-state index >= 15 is 0 Å². The van der Waals surface area contributed by atoms with Gasteiger partial charge >= 0.3 is 0 Å². The molecule has 0 aliphatic heterocycles. The van der Waals surface area contributed by atoms with Crippen molar-refractivity contribution in [2.45, 2.75) is 31.9 Å². The molecule has 0 fully saturated rings. The molecule has 2 rings (SSSR count). The Morgan fingerprint density at radius 1 is 1.00 bits per heavy atom. The van der Waals surface area contributed by atoms with E-state index in [0.717, 1.165) is 22.3 Å². The molecule has 0 spiro atoms. The van der Waals surface area contributed by atoms with E-state index in [1.165, 1.54) is 0 Å². The normalized spacial score (nSPS) is 11.6. The summed E-state index contributed by atoms with van der Waals surface area (Å²) >= 11 is 0. The molecule has 0 unspecified atom stereocenters. The van der Waals surface area contributed by atoms with E-state index in [1.807, 2.05) is 32.0 Å². The zero-order chi connectivity index (χ0) is 15.5. The third kappa shape index (κ3) is 4.65. The summed E-state index contributed by atoms with van der Waals surface area (Å²) in [4.78, 5) is 4.08. The summed E-state index contributed by atoms with van der Waals surface area (Å²) in [7, 11) is -3.21. The van der Waals surface area contributed by atoms with Crippen molar-refractivity contribution in [3.8, 4) is 0 Å². The molecule has 1 heterocycles. The Morgan fingerprint density at radius 3 is 2.24 bits per heavy atom. The lowest BCUT2D eigenvalue weighted by Gasteiger charge is -2.08. The van der Waals surface area contributed by atoms with Crippen LogP contribution in [0.2, 0.25) is 0 Å². The van der Waals surface area contributed by atoms with Gasteiger partial charge in [0.05, 0.1) is 17.2 Å². The Labute approximate surface area is 125 Å². The number of hydrogen-bond acceptors (Lipinski definition) is 4. The predicted molar refractivity (Wildman–Crippen MR) is 84.4 cm³/mol. The minimum Gasteiger partial charge on any atom is -0.325 e. The van der Waals surface area contributed by atoms with Crippen molar-refractivity contribution in [3.05, 3.63) is 64.5 Å². The van der Waals surface area contributed by atoms with Crippen molar-refractivity contribution in [1.29, 1.82) is 0 Å². The van der Waals surface area contributed by atoms with Gasteiger partial charge in [-0.15, -0.1) is 0 Å². The number of pyridine rings is 1. The van der Waals surface area contributed by atoms with Gasteiger partial charge in [-0.05, 0) is 37.1 Å². The number of aryl methyl sites for hydroxylation is 2. The van der Waals surface area contributed by atoms with Crippen molar-refractivity contribution in [2.75, 3.05) is 0 Å². The van der Waals surface area contributed by atoms with Crippen LogP contribution in [0, 0.1) is 13.8 Å². The van der Waals surface area contributed by atoms with E-state index in [4.69, 9.17) is 5.73 Å². The van der Waals surface area contributed by atoms with E-state index in [0.29, 0.717) is 12.2 Å². The van der Waals surface area contributed by atoms with E-state index in [-0.39, 0.29) is 11.5 Å².